The smallest absolute Gasteiger partial charge is 0.325 e. The zero-order chi connectivity index (χ0) is 20.9. The molecule has 1 saturated heterocycles. The molecule has 0 aliphatic carbocycles. The number of amides is 3. The second-order valence-electron chi connectivity index (χ2n) is 7.64. The topological polar surface area (TPSA) is 82.3 Å². The van der Waals surface area contributed by atoms with Crippen LogP contribution in [0.3, 0.4) is 0 Å². The fraction of sp³-hybridized carbons (Fsp3) is 0.125. The van der Waals surface area contributed by atoms with Crippen LogP contribution in [-0.2, 0) is 10.3 Å². The molecule has 0 unspecified atom stereocenters. The van der Waals surface area contributed by atoms with E-state index in [-0.39, 0.29) is 12.3 Å². The monoisotopic (exact) mass is 397 g/mol. The molecule has 3 aromatic carbocycles. The third-order valence-corrected chi connectivity index (χ3v) is 5.79. The molecule has 6 heteroatoms. The number of para-hydroxylation sites is 1. The third-order valence-electron chi connectivity index (χ3n) is 5.79. The lowest BCUT2D eigenvalue weighted by Crippen LogP contribution is -2.41. The summed E-state index contributed by atoms with van der Waals surface area (Å²) in [7, 11) is 0. The molecule has 3 amide bonds. The van der Waals surface area contributed by atoms with Crippen molar-refractivity contribution in [1.82, 2.24) is 15.2 Å². The number of fused-ring (bicyclic) bond motifs is 2. The first-order valence-electron chi connectivity index (χ1n) is 9.71. The lowest BCUT2D eigenvalue weighted by Gasteiger charge is -2.24. The van der Waals surface area contributed by atoms with Crippen LogP contribution < -0.4 is 5.32 Å². The molecule has 0 spiro atoms. The Bertz CT molecular complexity index is 1330. The Hall–Kier alpha value is -3.93. The van der Waals surface area contributed by atoms with Gasteiger partial charge >= 0.3 is 6.03 Å². The van der Waals surface area contributed by atoms with Crippen LogP contribution in [0.2, 0.25) is 0 Å². The van der Waals surface area contributed by atoms with Gasteiger partial charge in [0.05, 0.1) is 6.54 Å². The Morgan fingerprint density at radius 2 is 1.63 bits per heavy atom. The first-order valence-corrected chi connectivity index (χ1v) is 9.71. The number of nitrogens with one attached hydrogen (secondary N) is 2. The Morgan fingerprint density at radius 1 is 0.933 bits per heavy atom. The van der Waals surface area contributed by atoms with Crippen LogP contribution in [0, 0.1) is 0 Å². The van der Waals surface area contributed by atoms with E-state index in [0.717, 1.165) is 26.6 Å². The van der Waals surface area contributed by atoms with Gasteiger partial charge in [-0.25, -0.2) is 4.79 Å². The van der Waals surface area contributed by atoms with Crippen molar-refractivity contribution in [2.75, 3.05) is 6.54 Å². The third kappa shape index (κ3) is 2.61. The fourth-order valence-electron chi connectivity index (χ4n) is 4.22. The molecule has 148 valence electrons. The van der Waals surface area contributed by atoms with Gasteiger partial charge in [0.2, 0.25) is 0 Å². The number of aromatic amines is 1. The largest absolute Gasteiger partial charge is 0.360 e. The standard InChI is InChI=1S/C24H19N3O3/c1-24(19-11-6-8-15-7-2-3-9-16(15)19)22(29)27(23(30)26-24)14-21(28)18-13-25-20-12-5-4-10-17(18)20/h2-13,25H,14H2,1H3,(H,26,30)/t24-/m0/s1. The number of carbonyl (C=O) groups is 3. The van der Waals surface area contributed by atoms with Crippen molar-refractivity contribution in [3.63, 3.8) is 0 Å². The van der Waals surface area contributed by atoms with Crippen LogP contribution >= 0.6 is 0 Å². The highest BCUT2D eigenvalue weighted by molar-refractivity contribution is 6.15. The summed E-state index contributed by atoms with van der Waals surface area (Å²) in [6, 6.07) is 20.2. The van der Waals surface area contributed by atoms with Crippen molar-refractivity contribution in [1.29, 1.82) is 0 Å². The zero-order valence-electron chi connectivity index (χ0n) is 16.3. The Kier molecular flexibility index (Phi) is 3.96. The van der Waals surface area contributed by atoms with Crippen molar-refractivity contribution < 1.29 is 14.4 Å². The van der Waals surface area contributed by atoms with E-state index in [1.807, 2.05) is 66.7 Å². The summed E-state index contributed by atoms with van der Waals surface area (Å²) in [5.41, 5.74) is 0.767. The van der Waals surface area contributed by atoms with Crippen molar-refractivity contribution in [3.05, 3.63) is 84.1 Å². The molecule has 0 radical (unpaired) electrons. The molecule has 4 aromatic rings. The molecule has 1 aliphatic rings. The minimum atomic E-state index is -1.24. The summed E-state index contributed by atoms with van der Waals surface area (Å²) in [6.45, 7) is 1.37. The van der Waals surface area contributed by atoms with Crippen LogP contribution in [0.4, 0.5) is 4.79 Å². The van der Waals surface area contributed by atoms with E-state index >= 15 is 0 Å². The molecular weight excluding hydrogens is 378 g/mol. The van der Waals surface area contributed by atoms with E-state index < -0.39 is 17.5 Å². The van der Waals surface area contributed by atoms with E-state index in [0.29, 0.717) is 11.1 Å². The lowest BCUT2D eigenvalue weighted by atomic mass is 9.88. The summed E-state index contributed by atoms with van der Waals surface area (Å²) in [6.07, 6.45) is 1.62. The molecule has 1 aromatic heterocycles. The van der Waals surface area contributed by atoms with Crippen molar-refractivity contribution in [3.8, 4) is 0 Å². The highest BCUT2D eigenvalue weighted by Gasteiger charge is 2.50. The fourth-order valence-corrected chi connectivity index (χ4v) is 4.22. The number of benzene rings is 3. The molecule has 5 rings (SSSR count). The number of H-pyrrole nitrogens is 1. The molecule has 0 saturated carbocycles. The van der Waals surface area contributed by atoms with E-state index in [1.165, 1.54) is 0 Å². The molecule has 1 atom stereocenters. The van der Waals surface area contributed by atoms with Crippen molar-refractivity contribution in [2.24, 2.45) is 0 Å². The normalized spacial score (nSPS) is 18.9. The van der Waals surface area contributed by atoms with Gasteiger partial charge < -0.3 is 10.3 Å². The first-order chi connectivity index (χ1) is 14.5. The van der Waals surface area contributed by atoms with Crippen LogP contribution in [-0.4, -0.2) is 34.2 Å². The molecular formula is C24H19N3O3. The summed E-state index contributed by atoms with van der Waals surface area (Å²) in [5.74, 6) is -0.727. The van der Waals surface area contributed by atoms with Crippen molar-refractivity contribution in [2.45, 2.75) is 12.5 Å². The molecule has 30 heavy (non-hydrogen) atoms. The summed E-state index contributed by atoms with van der Waals surface area (Å²) in [5, 5.41) is 5.44. The SMILES string of the molecule is C[C@@]1(c2cccc3ccccc23)NC(=O)N(CC(=O)c2c[nH]c3ccccc23)C1=O. The predicted octanol–water partition coefficient (Wildman–Crippen LogP) is 3.97. The molecule has 1 fully saturated rings. The predicted molar refractivity (Wildman–Crippen MR) is 114 cm³/mol. The highest BCUT2D eigenvalue weighted by atomic mass is 16.2. The number of carbonyl (C=O) groups excluding carboxylic acids is 3. The van der Waals surface area contributed by atoms with E-state index in [9.17, 15) is 14.4 Å². The molecule has 2 N–H and O–H groups in total. The number of Topliss-reactive ketones (excluding diaryl/α,β-unsaturated/α-hetero) is 1. The number of rotatable bonds is 4. The lowest BCUT2D eigenvalue weighted by molar-refractivity contribution is -0.130. The number of ketones is 1. The highest BCUT2D eigenvalue weighted by Crippen LogP contribution is 2.34. The molecule has 6 nitrogen and oxygen atoms in total. The zero-order valence-corrected chi connectivity index (χ0v) is 16.3. The Balaban J connectivity index is 1.49. The number of nitrogens with zero attached hydrogens (tertiary/aromatic N) is 1. The molecule has 0 bridgehead atoms. The Labute approximate surface area is 172 Å². The maximum absolute atomic E-state index is 13.3. The number of aromatic nitrogens is 1. The van der Waals surface area contributed by atoms with Gasteiger partial charge in [0.15, 0.2) is 5.78 Å². The minimum Gasteiger partial charge on any atom is -0.360 e. The molecule has 1 aliphatic heterocycles. The van der Waals surface area contributed by atoms with E-state index in [2.05, 4.69) is 10.3 Å². The second-order valence-corrected chi connectivity index (χ2v) is 7.64. The summed E-state index contributed by atoms with van der Waals surface area (Å²) >= 11 is 0. The van der Waals surface area contributed by atoms with Crippen LogP contribution in [0.25, 0.3) is 21.7 Å². The maximum atomic E-state index is 13.3. The van der Waals surface area contributed by atoms with Crippen molar-refractivity contribution >= 4 is 39.4 Å². The van der Waals surface area contributed by atoms with Gasteiger partial charge in [-0.2, -0.15) is 0 Å². The summed E-state index contributed by atoms with van der Waals surface area (Å²) < 4.78 is 0. The number of hydrogen-bond acceptors (Lipinski definition) is 3. The van der Waals surface area contributed by atoms with Crippen LogP contribution in [0.1, 0.15) is 22.8 Å². The second kappa shape index (κ2) is 6.56. The number of urea groups is 1. The first kappa shape index (κ1) is 18.1. The average molecular weight is 397 g/mol. The summed E-state index contributed by atoms with van der Waals surface area (Å²) in [4.78, 5) is 43.0. The quantitative estimate of drug-likeness (QED) is 0.404. The van der Waals surface area contributed by atoms with Crippen LogP contribution in [0.5, 0.6) is 0 Å². The van der Waals surface area contributed by atoms with Gasteiger partial charge in [-0.3, -0.25) is 14.5 Å². The van der Waals surface area contributed by atoms with Gasteiger partial charge in [0.1, 0.15) is 5.54 Å². The molecule has 2 heterocycles. The van der Waals surface area contributed by atoms with Gasteiger partial charge in [0, 0.05) is 22.7 Å². The minimum absolute atomic E-state index is 0.293. The van der Waals surface area contributed by atoms with E-state index in [1.54, 1.807) is 13.1 Å². The van der Waals surface area contributed by atoms with Gasteiger partial charge in [0.25, 0.3) is 5.91 Å². The number of hydrogen-bond donors (Lipinski definition) is 2. The maximum Gasteiger partial charge on any atom is 0.325 e. The van der Waals surface area contributed by atoms with Crippen LogP contribution in [0.15, 0.2) is 72.9 Å². The number of imide groups is 1. The Morgan fingerprint density at radius 3 is 2.47 bits per heavy atom. The van der Waals surface area contributed by atoms with E-state index in [4.69, 9.17) is 0 Å². The van der Waals surface area contributed by atoms with Gasteiger partial charge in [-0.15, -0.1) is 0 Å². The van der Waals surface area contributed by atoms with Gasteiger partial charge in [-0.05, 0) is 29.3 Å². The average Bonchev–Trinajstić information content (AvgIpc) is 3.28. The van der Waals surface area contributed by atoms with Gasteiger partial charge in [-0.1, -0.05) is 60.7 Å².